The van der Waals surface area contributed by atoms with Gasteiger partial charge < -0.3 is 14.5 Å². The molecule has 0 radical (unpaired) electrons. The first-order valence-corrected chi connectivity index (χ1v) is 5.61. The topological polar surface area (TPSA) is 92.6 Å². The minimum absolute atomic E-state index is 0.347. The molecule has 2 amide bonds. The molecule has 3 N–H and O–H groups in total. The van der Waals surface area contributed by atoms with Crippen molar-refractivity contribution in [3.05, 3.63) is 40.2 Å². The molecule has 98 valence electrons. The third-order valence-corrected chi connectivity index (χ3v) is 2.90. The maximum Gasteiger partial charge on any atom is 0.336 e. The van der Waals surface area contributed by atoms with E-state index in [-0.39, 0.29) is 6.03 Å². The van der Waals surface area contributed by atoms with Gasteiger partial charge in [-0.05, 0) is 12.1 Å². The van der Waals surface area contributed by atoms with E-state index in [1.807, 2.05) is 0 Å². The molecule has 1 aliphatic rings. The Labute approximate surface area is 107 Å². The molecule has 7 heteroatoms. The summed E-state index contributed by atoms with van der Waals surface area (Å²) >= 11 is 0. The molecule has 0 spiro atoms. The van der Waals surface area contributed by atoms with Crippen molar-refractivity contribution in [2.75, 3.05) is 7.11 Å². The highest BCUT2D eigenvalue weighted by atomic mass is 16.5. The summed E-state index contributed by atoms with van der Waals surface area (Å²) in [6.45, 7) is 0. The monoisotopic (exact) mass is 261 g/mol. The first-order valence-electron chi connectivity index (χ1n) is 5.61. The molecule has 0 aliphatic carbocycles. The molecule has 1 aliphatic heterocycles. The van der Waals surface area contributed by atoms with Gasteiger partial charge in [0.15, 0.2) is 0 Å². The summed E-state index contributed by atoms with van der Waals surface area (Å²) in [5, 5.41) is 3.37. The molecule has 19 heavy (non-hydrogen) atoms. The molecule has 2 aromatic rings. The Morgan fingerprint density at radius 3 is 2.79 bits per heavy atom. The van der Waals surface area contributed by atoms with E-state index in [9.17, 15) is 9.59 Å². The number of nitrogens with one attached hydrogen (secondary N) is 3. The molecule has 1 fully saturated rings. The van der Waals surface area contributed by atoms with Crippen molar-refractivity contribution in [3.8, 4) is 5.75 Å². The normalized spacial score (nSPS) is 18.2. The summed E-state index contributed by atoms with van der Waals surface area (Å²) in [6, 6.07) is 6.17. The first kappa shape index (κ1) is 11.5. The molecule has 2 heterocycles. The second kappa shape index (κ2) is 4.29. The molecule has 1 atom stereocenters. The second-order valence-corrected chi connectivity index (χ2v) is 4.06. The van der Waals surface area contributed by atoms with Crippen molar-refractivity contribution in [1.29, 1.82) is 0 Å². The number of fused-ring (bicyclic) bond motifs is 1. The number of urea groups is 1. The largest absolute Gasteiger partial charge is 0.497 e. The van der Waals surface area contributed by atoms with Crippen LogP contribution in [0.4, 0.5) is 4.79 Å². The summed E-state index contributed by atoms with van der Waals surface area (Å²) < 4.78 is 10.2. The first-order chi connectivity index (χ1) is 9.17. The quantitative estimate of drug-likeness (QED) is 0.689. The van der Waals surface area contributed by atoms with Crippen LogP contribution < -0.4 is 26.5 Å². The number of rotatable bonds is 2. The van der Waals surface area contributed by atoms with Crippen LogP contribution in [0.1, 0.15) is 11.7 Å². The Balaban J connectivity index is 2.18. The summed E-state index contributed by atoms with van der Waals surface area (Å²) in [6.07, 6.45) is -0.479. The fourth-order valence-electron chi connectivity index (χ4n) is 2.03. The minimum atomic E-state index is -0.487. The molecule has 1 unspecified atom stereocenters. The highest BCUT2D eigenvalue weighted by Crippen LogP contribution is 2.25. The third-order valence-electron chi connectivity index (χ3n) is 2.90. The Kier molecular flexibility index (Phi) is 2.60. The lowest BCUT2D eigenvalue weighted by Gasteiger charge is -2.12. The predicted octanol–water partition coefficient (Wildman–Crippen LogP) is 0.618. The number of carbonyl (C=O) groups is 1. The van der Waals surface area contributed by atoms with Crippen LogP contribution in [-0.4, -0.2) is 13.1 Å². The van der Waals surface area contributed by atoms with Crippen molar-refractivity contribution in [2.45, 2.75) is 6.17 Å². The zero-order valence-electron chi connectivity index (χ0n) is 10.0. The van der Waals surface area contributed by atoms with Gasteiger partial charge >= 0.3 is 11.7 Å². The van der Waals surface area contributed by atoms with E-state index < -0.39 is 11.8 Å². The van der Waals surface area contributed by atoms with E-state index in [0.717, 1.165) is 5.39 Å². The second-order valence-electron chi connectivity index (χ2n) is 4.06. The van der Waals surface area contributed by atoms with E-state index in [1.54, 1.807) is 18.2 Å². The van der Waals surface area contributed by atoms with Crippen LogP contribution in [0.25, 0.3) is 11.0 Å². The van der Waals surface area contributed by atoms with Crippen LogP contribution in [-0.2, 0) is 0 Å². The van der Waals surface area contributed by atoms with Gasteiger partial charge in [-0.25, -0.2) is 15.0 Å². The van der Waals surface area contributed by atoms with Gasteiger partial charge in [-0.15, -0.1) is 0 Å². The number of ether oxygens (including phenoxy) is 1. The van der Waals surface area contributed by atoms with Gasteiger partial charge in [-0.1, -0.05) is 0 Å². The van der Waals surface area contributed by atoms with Crippen LogP contribution in [0.2, 0.25) is 0 Å². The standard InChI is InChI=1S/C12H11N3O4/c1-18-6-2-3-7-8(11-13-12(17)15-14-11)5-10(16)19-9(7)4-6/h2-5,11,14H,1H3,(H2,13,15,17). The fourth-order valence-corrected chi connectivity index (χ4v) is 2.03. The smallest absolute Gasteiger partial charge is 0.336 e. The molecule has 0 saturated carbocycles. The average molecular weight is 261 g/mol. The Bertz CT molecular complexity index is 710. The van der Waals surface area contributed by atoms with Gasteiger partial charge in [0.25, 0.3) is 0 Å². The minimum Gasteiger partial charge on any atom is -0.497 e. The Morgan fingerprint density at radius 1 is 1.26 bits per heavy atom. The van der Waals surface area contributed by atoms with Crippen LogP contribution in [0.5, 0.6) is 5.75 Å². The molecular formula is C12H11N3O4. The number of benzene rings is 1. The van der Waals surface area contributed by atoms with Crippen molar-refractivity contribution in [2.24, 2.45) is 0 Å². The molecule has 0 bridgehead atoms. The van der Waals surface area contributed by atoms with E-state index in [1.165, 1.54) is 13.2 Å². The van der Waals surface area contributed by atoms with Gasteiger partial charge in [0, 0.05) is 23.1 Å². The van der Waals surface area contributed by atoms with E-state index >= 15 is 0 Å². The van der Waals surface area contributed by atoms with Crippen molar-refractivity contribution >= 4 is 17.0 Å². The fraction of sp³-hybridized carbons (Fsp3) is 0.167. The molecule has 7 nitrogen and oxygen atoms in total. The number of methoxy groups -OCH3 is 1. The van der Waals surface area contributed by atoms with E-state index in [0.29, 0.717) is 16.9 Å². The summed E-state index contributed by atoms with van der Waals surface area (Å²) in [5.41, 5.74) is 5.72. The summed E-state index contributed by atoms with van der Waals surface area (Å²) in [4.78, 5) is 22.7. The van der Waals surface area contributed by atoms with Gasteiger partial charge in [0.05, 0.1) is 7.11 Å². The highest BCUT2D eigenvalue weighted by Gasteiger charge is 2.23. The maximum atomic E-state index is 11.6. The number of hydrazine groups is 1. The zero-order chi connectivity index (χ0) is 13.4. The third kappa shape index (κ3) is 2.00. The number of hydrogen-bond acceptors (Lipinski definition) is 5. The number of amides is 2. The average Bonchev–Trinajstić information content (AvgIpc) is 2.83. The van der Waals surface area contributed by atoms with Crippen LogP contribution in [0, 0.1) is 0 Å². The maximum absolute atomic E-state index is 11.6. The van der Waals surface area contributed by atoms with Gasteiger partial charge in [0.1, 0.15) is 17.5 Å². The van der Waals surface area contributed by atoms with Gasteiger partial charge in [-0.2, -0.15) is 0 Å². The van der Waals surface area contributed by atoms with Gasteiger partial charge in [0.2, 0.25) is 0 Å². The SMILES string of the molecule is COc1ccc2c(C3NNC(=O)N3)cc(=O)oc2c1. The van der Waals surface area contributed by atoms with Crippen molar-refractivity contribution < 1.29 is 13.9 Å². The molecule has 3 rings (SSSR count). The number of hydrogen-bond donors (Lipinski definition) is 3. The lowest BCUT2D eigenvalue weighted by atomic mass is 10.1. The zero-order valence-corrected chi connectivity index (χ0v) is 10.0. The van der Waals surface area contributed by atoms with Crippen molar-refractivity contribution in [3.63, 3.8) is 0 Å². The number of carbonyl (C=O) groups excluding carboxylic acids is 1. The van der Waals surface area contributed by atoms with E-state index in [4.69, 9.17) is 9.15 Å². The Hall–Kier alpha value is -2.54. The Morgan fingerprint density at radius 2 is 2.11 bits per heavy atom. The summed E-state index contributed by atoms with van der Waals surface area (Å²) in [5.74, 6) is 0.592. The summed E-state index contributed by atoms with van der Waals surface area (Å²) in [7, 11) is 1.53. The predicted molar refractivity (Wildman–Crippen MR) is 66.6 cm³/mol. The molecule has 1 aromatic heterocycles. The van der Waals surface area contributed by atoms with Crippen LogP contribution in [0.15, 0.2) is 33.5 Å². The van der Waals surface area contributed by atoms with Crippen LogP contribution >= 0.6 is 0 Å². The molecular weight excluding hydrogens is 250 g/mol. The van der Waals surface area contributed by atoms with Crippen molar-refractivity contribution in [1.82, 2.24) is 16.2 Å². The lowest BCUT2D eigenvalue weighted by Crippen LogP contribution is -2.27. The van der Waals surface area contributed by atoms with Crippen LogP contribution in [0.3, 0.4) is 0 Å². The lowest BCUT2D eigenvalue weighted by molar-refractivity contribution is 0.247. The van der Waals surface area contributed by atoms with E-state index in [2.05, 4.69) is 16.2 Å². The highest BCUT2D eigenvalue weighted by molar-refractivity contribution is 5.84. The molecule has 1 aromatic carbocycles. The van der Waals surface area contributed by atoms with Gasteiger partial charge in [-0.3, -0.25) is 5.43 Å². The molecule has 1 saturated heterocycles.